The second-order valence-corrected chi connectivity index (χ2v) is 10.0. The number of hydrogen-bond acceptors (Lipinski definition) is 7. The van der Waals surface area contributed by atoms with Crippen molar-refractivity contribution in [3.8, 4) is 62.5 Å². The normalized spacial score (nSPS) is 10.7. The Morgan fingerprint density at radius 3 is 1.36 bits per heavy atom. The summed E-state index contributed by atoms with van der Waals surface area (Å²) < 4.78 is 42.0. The summed E-state index contributed by atoms with van der Waals surface area (Å²) in [6.07, 6.45) is 4.22. The van der Waals surface area contributed by atoms with Crippen LogP contribution in [0.15, 0.2) is 91.3 Å². The number of methoxy groups -OCH3 is 6. The molecule has 1 aromatic heterocycles. The molecule has 0 saturated carbocycles. The molecule has 5 rings (SSSR count). The highest BCUT2D eigenvalue weighted by Crippen LogP contribution is 2.46. The summed E-state index contributed by atoms with van der Waals surface area (Å²) in [6, 6.07) is 26.1. The summed E-state index contributed by atoms with van der Waals surface area (Å²) >= 11 is 0. The minimum absolute atomic E-state index is 0.522. The average molecular weight is 596 g/mol. The Balaban J connectivity index is 1.54. The van der Waals surface area contributed by atoms with E-state index >= 15 is 0 Å². The first kappa shape index (κ1) is 30.2. The molecule has 0 unspecified atom stereocenters. The molecule has 1 heterocycles. The second kappa shape index (κ2) is 13.8. The maximum Gasteiger partial charge on any atom is 0.203 e. The van der Waals surface area contributed by atoms with Crippen molar-refractivity contribution < 1.29 is 33.2 Å². The van der Waals surface area contributed by atoms with Crippen LogP contribution in [-0.4, -0.2) is 47.2 Å². The van der Waals surface area contributed by atoms with Crippen LogP contribution in [0.2, 0.25) is 0 Å². The van der Waals surface area contributed by atoms with E-state index < -0.39 is 0 Å². The molecule has 0 aliphatic rings. The van der Waals surface area contributed by atoms with Gasteiger partial charge in [-0.2, -0.15) is 0 Å². The predicted molar refractivity (Wildman–Crippen MR) is 171 cm³/mol. The van der Waals surface area contributed by atoms with E-state index in [1.165, 1.54) is 0 Å². The van der Waals surface area contributed by atoms with Crippen LogP contribution >= 0.6 is 0 Å². The Morgan fingerprint density at radius 1 is 0.500 bits per heavy atom. The maximum absolute atomic E-state index is 5.99. The standard InChI is InChI=1S/C36H37NO7/c1-38-31-16-26(17-32(39-2)35(31)42-5)29-21-37(22-30(29)27-18-33(40-3)36(43-6)34(19-27)41-4)20-24-12-14-28(15-13-24)44-23-25-10-8-7-9-11-25/h7-19,21-22H,20,23H2,1-6H3. The summed E-state index contributed by atoms with van der Waals surface area (Å²) in [5, 5.41) is 0. The van der Waals surface area contributed by atoms with Crippen molar-refractivity contribution in [1.29, 1.82) is 0 Å². The number of rotatable bonds is 13. The largest absolute Gasteiger partial charge is 0.493 e. The van der Waals surface area contributed by atoms with Crippen LogP contribution in [0.5, 0.6) is 40.2 Å². The summed E-state index contributed by atoms with van der Waals surface area (Å²) in [6.45, 7) is 1.16. The van der Waals surface area contributed by atoms with Crippen LogP contribution in [0.4, 0.5) is 0 Å². The van der Waals surface area contributed by atoms with Gasteiger partial charge in [-0.05, 0) is 58.7 Å². The van der Waals surface area contributed by atoms with E-state index in [4.69, 9.17) is 33.2 Å². The predicted octanol–water partition coefficient (Wildman–Crippen LogP) is 7.50. The van der Waals surface area contributed by atoms with E-state index in [0.717, 1.165) is 39.1 Å². The maximum atomic E-state index is 5.99. The molecule has 0 aliphatic carbocycles. The molecule has 5 aromatic rings. The topological polar surface area (TPSA) is 69.5 Å². The van der Waals surface area contributed by atoms with Gasteiger partial charge in [-0.15, -0.1) is 0 Å². The number of nitrogens with zero attached hydrogens (tertiary/aromatic N) is 1. The van der Waals surface area contributed by atoms with Gasteiger partial charge in [0.2, 0.25) is 11.5 Å². The first-order valence-electron chi connectivity index (χ1n) is 14.1. The molecule has 0 fully saturated rings. The Kier molecular flexibility index (Phi) is 9.49. The van der Waals surface area contributed by atoms with Gasteiger partial charge in [-0.25, -0.2) is 0 Å². The van der Waals surface area contributed by atoms with Gasteiger partial charge in [0.25, 0.3) is 0 Å². The lowest BCUT2D eigenvalue weighted by atomic mass is 9.97. The zero-order chi connectivity index (χ0) is 31.1. The van der Waals surface area contributed by atoms with Crippen molar-refractivity contribution in [3.05, 3.63) is 102 Å². The Bertz CT molecular complexity index is 1560. The molecule has 0 N–H and O–H groups in total. The van der Waals surface area contributed by atoms with E-state index in [1.807, 2.05) is 54.6 Å². The molecule has 0 radical (unpaired) electrons. The third-order valence-corrected chi connectivity index (χ3v) is 7.37. The van der Waals surface area contributed by atoms with Crippen LogP contribution in [0.25, 0.3) is 22.3 Å². The van der Waals surface area contributed by atoms with Crippen molar-refractivity contribution in [2.75, 3.05) is 42.7 Å². The molecule has 0 saturated heterocycles. The smallest absolute Gasteiger partial charge is 0.203 e. The quantitative estimate of drug-likeness (QED) is 0.140. The van der Waals surface area contributed by atoms with Crippen molar-refractivity contribution in [2.45, 2.75) is 13.2 Å². The fourth-order valence-electron chi connectivity index (χ4n) is 5.18. The molecule has 8 nitrogen and oxygen atoms in total. The second-order valence-electron chi connectivity index (χ2n) is 10.0. The lowest BCUT2D eigenvalue weighted by Gasteiger charge is -2.16. The minimum atomic E-state index is 0.522. The fraction of sp³-hybridized carbons (Fsp3) is 0.222. The third kappa shape index (κ3) is 6.39. The third-order valence-electron chi connectivity index (χ3n) is 7.37. The van der Waals surface area contributed by atoms with E-state index in [9.17, 15) is 0 Å². The number of ether oxygens (including phenoxy) is 7. The van der Waals surface area contributed by atoms with Gasteiger partial charge in [0, 0.05) is 30.1 Å². The molecule has 228 valence electrons. The summed E-state index contributed by atoms with van der Waals surface area (Å²) in [5.41, 5.74) is 5.96. The van der Waals surface area contributed by atoms with Gasteiger partial charge in [0.05, 0.1) is 42.7 Å². The van der Waals surface area contributed by atoms with Crippen LogP contribution in [-0.2, 0) is 13.2 Å². The molecular formula is C36H37NO7. The summed E-state index contributed by atoms with van der Waals surface area (Å²) in [5.74, 6) is 4.15. The Labute approximate surface area is 258 Å². The van der Waals surface area contributed by atoms with Gasteiger partial charge >= 0.3 is 0 Å². The summed E-state index contributed by atoms with van der Waals surface area (Å²) in [7, 11) is 9.63. The van der Waals surface area contributed by atoms with E-state index in [0.29, 0.717) is 47.6 Å². The molecule has 44 heavy (non-hydrogen) atoms. The van der Waals surface area contributed by atoms with Crippen molar-refractivity contribution in [2.24, 2.45) is 0 Å². The monoisotopic (exact) mass is 595 g/mol. The van der Waals surface area contributed by atoms with Crippen LogP contribution < -0.4 is 33.2 Å². The number of benzene rings is 4. The van der Waals surface area contributed by atoms with E-state index in [2.05, 4.69) is 41.2 Å². The van der Waals surface area contributed by atoms with Crippen LogP contribution in [0, 0.1) is 0 Å². The van der Waals surface area contributed by atoms with Gasteiger partial charge in [-0.3, -0.25) is 0 Å². The van der Waals surface area contributed by atoms with Crippen LogP contribution in [0.1, 0.15) is 11.1 Å². The molecule has 0 spiro atoms. The first-order valence-corrected chi connectivity index (χ1v) is 14.1. The Morgan fingerprint density at radius 2 is 0.955 bits per heavy atom. The fourth-order valence-corrected chi connectivity index (χ4v) is 5.18. The van der Waals surface area contributed by atoms with Gasteiger partial charge in [0.15, 0.2) is 23.0 Å². The molecule has 4 aromatic carbocycles. The van der Waals surface area contributed by atoms with E-state index in [1.54, 1.807) is 42.7 Å². The average Bonchev–Trinajstić information content (AvgIpc) is 3.50. The highest BCUT2D eigenvalue weighted by atomic mass is 16.5. The van der Waals surface area contributed by atoms with Crippen molar-refractivity contribution >= 4 is 0 Å². The lowest BCUT2D eigenvalue weighted by molar-refractivity contribution is 0.306. The van der Waals surface area contributed by atoms with Gasteiger partial charge in [-0.1, -0.05) is 42.5 Å². The number of hydrogen-bond donors (Lipinski definition) is 0. The zero-order valence-electron chi connectivity index (χ0n) is 25.9. The highest BCUT2D eigenvalue weighted by molar-refractivity contribution is 5.87. The van der Waals surface area contributed by atoms with Crippen molar-refractivity contribution in [3.63, 3.8) is 0 Å². The van der Waals surface area contributed by atoms with Gasteiger partial charge < -0.3 is 37.7 Å². The number of aromatic nitrogens is 1. The first-order chi connectivity index (χ1) is 21.5. The highest BCUT2D eigenvalue weighted by Gasteiger charge is 2.21. The molecule has 8 heteroatoms. The van der Waals surface area contributed by atoms with E-state index in [-0.39, 0.29) is 0 Å². The Hall–Kier alpha value is -5.24. The summed E-state index contributed by atoms with van der Waals surface area (Å²) in [4.78, 5) is 0. The zero-order valence-corrected chi connectivity index (χ0v) is 25.9. The lowest BCUT2D eigenvalue weighted by Crippen LogP contribution is -1.98. The molecule has 0 bridgehead atoms. The van der Waals surface area contributed by atoms with Gasteiger partial charge in [0.1, 0.15) is 12.4 Å². The van der Waals surface area contributed by atoms with Crippen LogP contribution in [0.3, 0.4) is 0 Å². The SMILES string of the molecule is COc1cc(-c2cn(Cc3ccc(OCc4ccccc4)cc3)cc2-c2cc(OC)c(OC)c(OC)c2)cc(OC)c1OC. The molecule has 0 atom stereocenters. The molecule has 0 amide bonds. The molecular weight excluding hydrogens is 558 g/mol. The van der Waals surface area contributed by atoms with Crippen molar-refractivity contribution in [1.82, 2.24) is 4.57 Å². The molecule has 0 aliphatic heterocycles. The minimum Gasteiger partial charge on any atom is -0.493 e.